The number of phenols is 1. The lowest BCUT2D eigenvalue weighted by Crippen LogP contribution is -2.03. The molecule has 0 spiro atoms. The van der Waals surface area contributed by atoms with Crippen molar-refractivity contribution >= 4 is 38.5 Å². The summed E-state index contributed by atoms with van der Waals surface area (Å²) in [5.41, 5.74) is 0.791. The second-order valence-electron chi connectivity index (χ2n) is 3.56. The van der Waals surface area contributed by atoms with Crippen LogP contribution in [0.25, 0.3) is 0 Å². The zero-order chi connectivity index (χ0) is 12.2. The van der Waals surface area contributed by atoms with Gasteiger partial charge in [-0.3, -0.25) is 0 Å². The topological polar surface area (TPSA) is 20.2 Å². The average Bonchev–Trinajstić information content (AvgIpc) is 2.14. The largest absolute Gasteiger partial charge is 0.508 e. The molecule has 0 amide bonds. The van der Waals surface area contributed by atoms with Gasteiger partial charge in [0, 0.05) is 16.5 Å². The standard InChI is InChI=1S/C11H12BrF2IO/c12-9-5-3-6-10(16)8(9)4-1-2-7-11(13,14)15/h3,5-6,16H,1-2,4,7H2. The van der Waals surface area contributed by atoms with Gasteiger partial charge in [0.25, 0.3) is 3.93 Å². The summed E-state index contributed by atoms with van der Waals surface area (Å²) in [6.07, 6.45) is 1.60. The van der Waals surface area contributed by atoms with Gasteiger partial charge in [0.2, 0.25) is 0 Å². The van der Waals surface area contributed by atoms with Gasteiger partial charge in [-0.05, 0) is 54.0 Å². The number of rotatable bonds is 5. The van der Waals surface area contributed by atoms with Crippen LogP contribution in [-0.4, -0.2) is 9.04 Å². The van der Waals surface area contributed by atoms with Gasteiger partial charge in [-0.1, -0.05) is 22.0 Å². The molecule has 1 nitrogen and oxygen atoms in total. The third-order valence-electron chi connectivity index (χ3n) is 2.23. The van der Waals surface area contributed by atoms with Gasteiger partial charge >= 0.3 is 0 Å². The first-order chi connectivity index (χ1) is 7.40. The minimum Gasteiger partial charge on any atom is -0.508 e. The number of hydrogen-bond donors (Lipinski definition) is 1. The van der Waals surface area contributed by atoms with Crippen LogP contribution >= 0.6 is 38.5 Å². The van der Waals surface area contributed by atoms with E-state index in [1.807, 2.05) is 6.07 Å². The van der Waals surface area contributed by atoms with E-state index in [2.05, 4.69) is 15.9 Å². The van der Waals surface area contributed by atoms with Crippen molar-refractivity contribution in [3.63, 3.8) is 0 Å². The summed E-state index contributed by atoms with van der Waals surface area (Å²) in [6.45, 7) is 0. The van der Waals surface area contributed by atoms with Crippen molar-refractivity contribution in [1.82, 2.24) is 0 Å². The maximum absolute atomic E-state index is 12.5. The quantitative estimate of drug-likeness (QED) is 0.420. The highest BCUT2D eigenvalue weighted by Crippen LogP contribution is 2.31. The summed E-state index contributed by atoms with van der Waals surface area (Å²) in [6, 6.07) is 5.18. The monoisotopic (exact) mass is 404 g/mol. The molecule has 1 N–H and O–H groups in total. The lowest BCUT2D eigenvalue weighted by molar-refractivity contribution is 0.113. The molecule has 0 bridgehead atoms. The summed E-state index contributed by atoms with van der Waals surface area (Å²) in [7, 11) is 0. The Kier molecular flexibility index (Phi) is 5.43. The third kappa shape index (κ3) is 4.95. The van der Waals surface area contributed by atoms with E-state index in [-0.39, 0.29) is 12.2 Å². The zero-order valence-electron chi connectivity index (χ0n) is 8.52. The molecule has 90 valence electrons. The molecule has 0 aliphatic carbocycles. The number of halogens is 4. The smallest absolute Gasteiger partial charge is 0.296 e. The number of phenolic OH excluding ortho intramolecular Hbond substituents is 1. The SMILES string of the molecule is Oc1cccc(Br)c1CCCCC(F)(F)I. The minimum absolute atomic E-state index is 0.112. The fourth-order valence-corrected chi connectivity index (χ4v) is 2.36. The van der Waals surface area contributed by atoms with Gasteiger partial charge in [0.1, 0.15) is 5.75 Å². The Morgan fingerprint density at radius 1 is 1.31 bits per heavy atom. The molecule has 0 aliphatic rings. The first-order valence-electron chi connectivity index (χ1n) is 4.93. The molecule has 0 saturated carbocycles. The molecular weight excluding hydrogens is 393 g/mol. The molecule has 0 saturated heterocycles. The summed E-state index contributed by atoms with van der Waals surface area (Å²) >= 11 is 4.48. The van der Waals surface area contributed by atoms with Crippen molar-refractivity contribution < 1.29 is 13.9 Å². The van der Waals surface area contributed by atoms with Gasteiger partial charge in [-0.2, -0.15) is 8.78 Å². The Hall–Kier alpha value is 0.0900. The van der Waals surface area contributed by atoms with Crippen LogP contribution in [0.4, 0.5) is 8.78 Å². The van der Waals surface area contributed by atoms with E-state index in [1.165, 1.54) is 0 Å². The van der Waals surface area contributed by atoms with Crippen molar-refractivity contribution in [1.29, 1.82) is 0 Å². The molecule has 0 aromatic heterocycles. The molecule has 0 heterocycles. The lowest BCUT2D eigenvalue weighted by Gasteiger charge is -2.09. The van der Waals surface area contributed by atoms with Crippen LogP contribution in [0.5, 0.6) is 5.75 Å². The van der Waals surface area contributed by atoms with Gasteiger partial charge in [-0.25, -0.2) is 0 Å². The van der Waals surface area contributed by atoms with E-state index < -0.39 is 3.93 Å². The van der Waals surface area contributed by atoms with Crippen LogP contribution < -0.4 is 0 Å². The Bertz CT molecular complexity index is 332. The Morgan fingerprint density at radius 2 is 2.00 bits per heavy atom. The van der Waals surface area contributed by atoms with Crippen LogP contribution in [0.2, 0.25) is 0 Å². The van der Waals surface area contributed by atoms with E-state index in [9.17, 15) is 13.9 Å². The Labute approximate surface area is 116 Å². The van der Waals surface area contributed by atoms with E-state index in [0.717, 1.165) is 32.6 Å². The molecule has 0 unspecified atom stereocenters. The highest BCUT2D eigenvalue weighted by atomic mass is 127. The van der Waals surface area contributed by atoms with Crippen molar-refractivity contribution in [2.24, 2.45) is 0 Å². The molecule has 5 heteroatoms. The maximum atomic E-state index is 12.5. The molecule has 1 aromatic rings. The molecule has 1 aromatic carbocycles. The van der Waals surface area contributed by atoms with Crippen molar-refractivity contribution in [2.45, 2.75) is 29.6 Å². The van der Waals surface area contributed by atoms with Gasteiger partial charge < -0.3 is 5.11 Å². The Balaban J connectivity index is 2.43. The average molecular weight is 405 g/mol. The van der Waals surface area contributed by atoms with Gasteiger partial charge in [0.15, 0.2) is 0 Å². The molecule has 16 heavy (non-hydrogen) atoms. The van der Waals surface area contributed by atoms with Gasteiger partial charge in [0.05, 0.1) is 0 Å². The van der Waals surface area contributed by atoms with Crippen LogP contribution in [0.1, 0.15) is 24.8 Å². The van der Waals surface area contributed by atoms with Crippen LogP contribution in [0.15, 0.2) is 22.7 Å². The third-order valence-corrected chi connectivity index (χ3v) is 3.51. The number of hydrogen-bond acceptors (Lipinski definition) is 1. The first-order valence-corrected chi connectivity index (χ1v) is 6.80. The highest BCUT2D eigenvalue weighted by Gasteiger charge is 2.22. The van der Waals surface area contributed by atoms with Gasteiger partial charge in [-0.15, -0.1) is 0 Å². The van der Waals surface area contributed by atoms with Crippen molar-refractivity contribution in [2.75, 3.05) is 0 Å². The van der Waals surface area contributed by atoms with Crippen LogP contribution in [-0.2, 0) is 6.42 Å². The zero-order valence-corrected chi connectivity index (χ0v) is 12.3. The highest BCUT2D eigenvalue weighted by molar-refractivity contribution is 14.1. The first kappa shape index (κ1) is 14.2. The molecule has 0 radical (unpaired) electrons. The second kappa shape index (κ2) is 6.14. The van der Waals surface area contributed by atoms with Crippen molar-refractivity contribution in [3.05, 3.63) is 28.2 Å². The normalized spacial score (nSPS) is 11.8. The fraction of sp³-hybridized carbons (Fsp3) is 0.455. The molecule has 0 aliphatic heterocycles. The molecule has 1 rings (SSSR count). The Morgan fingerprint density at radius 3 is 2.56 bits per heavy atom. The fourth-order valence-electron chi connectivity index (χ4n) is 1.42. The summed E-state index contributed by atoms with van der Waals surface area (Å²) in [4.78, 5) is 0. The number of alkyl halides is 3. The number of unbranched alkanes of at least 4 members (excludes halogenated alkanes) is 1. The molecular formula is C11H12BrF2IO. The summed E-state index contributed by atoms with van der Waals surface area (Å²) in [5.74, 6) is 0.218. The molecule has 0 atom stereocenters. The van der Waals surface area contributed by atoms with Crippen LogP contribution in [0.3, 0.4) is 0 Å². The lowest BCUT2D eigenvalue weighted by atomic mass is 10.1. The molecule has 0 fully saturated rings. The van der Waals surface area contributed by atoms with E-state index in [1.54, 1.807) is 12.1 Å². The number of benzene rings is 1. The maximum Gasteiger partial charge on any atom is 0.296 e. The number of aromatic hydroxyl groups is 1. The summed E-state index contributed by atoms with van der Waals surface area (Å²) < 4.78 is 23.3. The van der Waals surface area contributed by atoms with E-state index in [4.69, 9.17) is 0 Å². The summed E-state index contributed by atoms with van der Waals surface area (Å²) in [5, 5.41) is 9.57. The second-order valence-corrected chi connectivity index (χ2v) is 5.99. The predicted molar refractivity (Wildman–Crippen MR) is 72.3 cm³/mol. The van der Waals surface area contributed by atoms with Crippen molar-refractivity contribution in [3.8, 4) is 5.75 Å². The van der Waals surface area contributed by atoms with E-state index >= 15 is 0 Å². The minimum atomic E-state index is -2.62. The van der Waals surface area contributed by atoms with E-state index in [0.29, 0.717) is 19.3 Å². The van der Waals surface area contributed by atoms with Crippen LogP contribution in [0, 0.1) is 0 Å². The predicted octanol–water partition coefficient (Wildman–Crippen LogP) is 4.90.